The average Bonchev–Trinajstić information content (AvgIpc) is 3.75. The van der Waals surface area contributed by atoms with Gasteiger partial charge >= 0.3 is 0 Å². The Morgan fingerprint density at radius 1 is 0.358 bits per heavy atom. The highest BCUT2D eigenvalue weighted by Crippen LogP contribution is 2.59. The molecule has 2 bridgehead atoms. The molecule has 310 valence electrons. The Morgan fingerprint density at radius 2 is 0.776 bits per heavy atom. The summed E-state index contributed by atoms with van der Waals surface area (Å²) in [6.45, 7) is 0. The molecule has 11 aromatic rings. The number of hydrogen-bond donors (Lipinski definition) is 0. The molecule has 6 heteroatoms. The zero-order chi connectivity index (χ0) is 44.6. The van der Waals surface area contributed by atoms with Gasteiger partial charge in [-0.15, -0.1) is 0 Å². The first-order valence-electron chi connectivity index (χ1n) is 22.5. The van der Waals surface area contributed by atoms with Crippen LogP contribution in [0.2, 0.25) is 0 Å². The third kappa shape index (κ3) is 5.91. The van der Waals surface area contributed by atoms with E-state index in [9.17, 15) is 10.5 Å². The van der Waals surface area contributed by atoms with Crippen LogP contribution >= 0.6 is 0 Å². The Hall–Kier alpha value is -9.23. The van der Waals surface area contributed by atoms with Gasteiger partial charge in [0.2, 0.25) is 5.95 Å². The second-order valence-corrected chi connectivity index (χ2v) is 17.2. The van der Waals surface area contributed by atoms with Gasteiger partial charge in [-0.3, -0.25) is 4.57 Å². The Balaban J connectivity index is 1.04. The van der Waals surface area contributed by atoms with Crippen LogP contribution in [0.25, 0.3) is 83.9 Å². The Morgan fingerprint density at radius 3 is 1.31 bits per heavy atom. The van der Waals surface area contributed by atoms with Crippen LogP contribution in [0.15, 0.2) is 206 Å². The van der Waals surface area contributed by atoms with Crippen molar-refractivity contribution in [1.29, 1.82) is 10.5 Å². The minimum absolute atomic E-state index is 0.278. The van der Waals surface area contributed by atoms with E-state index in [1.807, 2.05) is 42.5 Å². The molecule has 0 aliphatic heterocycles. The van der Waals surface area contributed by atoms with Gasteiger partial charge in [0, 0.05) is 33.7 Å². The number of rotatable bonds is 6. The second-order valence-electron chi connectivity index (χ2n) is 17.2. The van der Waals surface area contributed by atoms with Crippen LogP contribution in [-0.2, 0) is 0 Å². The van der Waals surface area contributed by atoms with Gasteiger partial charge < -0.3 is 0 Å². The standard InChI is InChI=1S/C61H36N6/c62-35-51-43(39-16-6-2-7-17-39)31-33-49-56-50-34-42(28-29-47(50)55(57(49)51)48-32-30-44(52(36-63)58(48)56)40-18-8-3-9-19-40)60-64-59(41-26-24-38(25-27-41)37-14-4-1-5-15-37)65-61(66-60)67-53-22-12-10-20-45(53)46-21-11-13-23-54(46)67/h1-34,55-56H. The van der Waals surface area contributed by atoms with Crippen LogP contribution in [-0.4, -0.2) is 19.5 Å². The van der Waals surface area contributed by atoms with E-state index in [0.717, 1.165) is 99.7 Å². The molecule has 6 nitrogen and oxygen atoms in total. The highest BCUT2D eigenvalue weighted by Gasteiger charge is 2.45. The van der Waals surface area contributed by atoms with Gasteiger partial charge in [0.25, 0.3) is 0 Å². The number of hydrogen-bond acceptors (Lipinski definition) is 5. The maximum absolute atomic E-state index is 11.1. The first kappa shape index (κ1) is 38.2. The molecule has 3 aliphatic rings. The minimum Gasteiger partial charge on any atom is -0.278 e. The fourth-order valence-electron chi connectivity index (χ4n) is 10.8. The molecule has 14 rings (SSSR count). The van der Waals surface area contributed by atoms with Crippen molar-refractivity contribution >= 4 is 21.8 Å². The fourth-order valence-corrected chi connectivity index (χ4v) is 10.8. The Bertz CT molecular complexity index is 3830. The summed E-state index contributed by atoms with van der Waals surface area (Å²) in [5.74, 6) is 1.01. The smallest absolute Gasteiger partial charge is 0.238 e. The molecule has 0 spiro atoms. The van der Waals surface area contributed by atoms with E-state index < -0.39 is 0 Å². The number of fused-ring (bicyclic) bond motifs is 3. The lowest BCUT2D eigenvalue weighted by molar-refractivity contribution is 0.750. The number of nitrogens with zero attached hydrogens (tertiary/aromatic N) is 6. The summed E-state index contributed by atoms with van der Waals surface area (Å²) in [7, 11) is 0. The van der Waals surface area contributed by atoms with E-state index >= 15 is 0 Å². The van der Waals surface area contributed by atoms with E-state index in [-0.39, 0.29) is 11.8 Å². The van der Waals surface area contributed by atoms with Gasteiger partial charge in [0.1, 0.15) is 12.1 Å². The molecule has 0 saturated heterocycles. The molecule has 0 fully saturated rings. The summed E-state index contributed by atoms with van der Waals surface area (Å²) in [4.78, 5) is 15.9. The van der Waals surface area contributed by atoms with E-state index in [2.05, 4.69) is 180 Å². The van der Waals surface area contributed by atoms with Crippen molar-refractivity contribution in [3.63, 3.8) is 0 Å². The summed E-state index contributed by atoms with van der Waals surface area (Å²) < 4.78 is 2.14. The average molecular weight is 853 g/mol. The second kappa shape index (κ2) is 15.2. The van der Waals surface area contributed by atoms with E-state index in [1.165, 1.54) is 0 Å². The molecular weight excluding hydrogens is 817 g/mol. The quantitative estimate of drug-likeness (QED) is 0.166. The van der Waals surface area contributed by atoms with Gasteiger partial charge in [-0.2, -0.15) is 20.5 Å². The largest absolute Gasteiger partial charge is 0.278 e. The van der Waals surface area contributed by atoms with Gasteiger partial charge in [-0.25, -0.2) is 4.98 Å². The van der Waals surface area contributed by atoms with E-state index in [1.54, 1.807) is 0 Å². The van der Waals surface area contributed by atoms with Crippen LogP contribution in [0, 0.1) is 22.7 Å². The zero-order valence-corrected chi connectivity index (χ0v) is 36.0. The maximum Gasteiger partial charge on any atom is 0.238 e. The highest BCUT2D eigenvalue weighted by molar-refractivity contribution is 6.09. The predicted molar refractivity (Wildman–Crippen MR) is 266 cm³/mol. The van der Waals surface area contributed by atoms with Crippen LogP contribution < -0.4 is 0 Å². The van der Waals surface area contributed by atoms with Gasteiger partial charge in [-0.1, -0.05) is 188 Å². The number of para-hydroxylation sites is 2. The van der Waals surface area contributed by atoms with E-state index in [0.29, 0.717) is 28.7 Å². The molecular formula is C61H36N6. The van der Waals surface area contributed by atoms with Crippen molar-refractivity contribution in [3.05, 3.63) is 251 Å². The van der Waals surface area contributed by atoms with Crippen LogP contribution in [0.4, 0.5) is 0 Å². The van der Waals surface area contributed by atoms with Crippen molar-refractivity contribution in [3.8, 4) is 74.2 Å². The summed E-state index contributed by atoms with van der Waals surface area (Å²) in [6, 6.07) is 76.2. The Kier molecular flexibility index (Phi) is 8.68. The Labute approximate surface area is 387 Å². The van der Waals surface area contributed by atoms with Crippen molar-refractivity contribution in [2.75, 3.05) is 0 Å². The lowest BCUT2D eigenvalue weighted by Gasteiger charge is -2.43. The molecule has 0 N–H and O–H groups in total. The highest BCUT2D eigenvalue weighted by atomic mass is 15.2. The molecule has 0 radical (unpaired) electrons. The van der Waals surface area contributed by atoms with Crippen molar-refractivity contribution in [1.82, 2.24) is 19.5 Å². The third-order valence-electron chi connectivity index (χ3n) is 13.8. The summed E-state index contributed by atoms with van der Waals surface area (Å²) in [5.41, 5.74) is 17.3. The fraction of sp³-hybridized carbons (Fsp3) is 0.0328. The third-order valence-corrected chi connectivity index (χ3v) is 13.8. The van der Waals surface area contributed by atoms with Crippen molar-refractivity contribution in [2.24, 2.45) is 0 Å². The molecule has 0 saturated carbocycles. The van der Waals surface area contributed by atoms with Gasteiger partial charge in [-0.05, 0) is 85.0 Å². The van der Waals surface area contributed by atoms with Crippen LogP contribution in [0.1, 0.15) is 56.3 Å². The lowest BCUT2D eigenvalue weighted by Crippen LogP contribution is -2.30. The molecule has 9 aromatic carbocycles. The molecule has 2 unspecified atom stereocenters. The van der Waals surface area contributed by atoms with Crippen LogP contribution in [0.3, 0.4) is 0 Å². The van der Waals surface area contributed by atoms with Gasteiger partial charge in [0.05, 0.1) is 22.2 Å². The number of nitriles is 2. The summed E-state index contributed by atoms with van der Waals surface area (Å²) in [6.07, 6.45) is 0. The first-order chi connectivity index (χ1) is 33.2. The van der Waals surface area contributed by atoms with Gasteiger partial charge in [0.15, 0.2) is 11.6 Å². The zero-order valence-electron chi connectivity index (χ0n) is 36.0. The normalized spacial score (nSPS) is 14.2. The lowest BCUT2D eigenvalue weighted by atomic mass is 9.58. The molecule has 67 heavy (non-hydrogen) atoms. The molecule has 2 heterocycles. The summed E-state index contributed by atoms with van der Waals surface area (Å²) in [5, 5.41) is 24.4. The minimum atomic E-state index is -0.330. The first-order valence-corrected chi connectivity index (χ1v) is 22.5. The van der Waals surface area contributed by atoms with Crippen LogP contribution in [0.5, 0.6) is 0 Å². The summed E-state index contributed by atoms with van der Waals surface area (Å²) >= 11 is 0. The van der Waals surface area contributed by atoms with Crippen molar-refractivity contribution in [2.45, 2.75) is 11.8 Å². The number of benzene rings is 9. The molecule has 2 aromatic heterocycles. The molecule has 2 atom stereocenters. The maximum atomic E-state index is 11.1. The van der Waals surface area contributed by atoms with Crippen molar-refractivity contribution < 1.29 is 0 Å². The number of aromatic nitrogens is 4. The predicted octanol–water partition coefficient (Wildman–Crippen LogP) is 14.0. The monoisotopic (exact) mass is 852 g/mol. The SMILES string of the molecule is N#Cc1c(-c2ccccc2)ccc2c1C1c3ccc(-c4nc(-c5ccc(-c6ccccc6)cc5)nc(-n5c6ccccc6c6ccccc65)n4)cc3C2c2c1ccc(-c1ccccc1)c2C#N. The molecule has 0 amide bonds. The molecule has 3 aliphatic carbocycles. The topological polar surface area (TPSA) is 91.2 Å². The van der Waals surface area contributed by atoms with E-state index in [4.69, 9.17) is 15.0 Å².